The molecule has 2 N–H and O–H groups in total. The van der Waals surface area contributed by atoms with Crippen molar-refractivity contribution in [3.8, 4) is 0 Å². The first-order chi connectivity index (χ1) is 6.10. The minimum Gasteiger partial charge on any atom is -0.394 e. The minimum atomic E-state index is -0.125. The van der Waals surface area contributed by atoms with E-state index in [1.54, 1.807) is 0 Å². The van der Waals surface area contributed by atoms with Crippen molar-refractivity contribution in [2.75, 3.05) is 13.2 Å². The maximum Gasteiger partial charge on any atom is 0.0662 e. The van der Waals surface area contributed by atoms with Gasteiger partial charge in [0.1, 0.15) is 0 Å². The minimum absolute atomic E-state index is 0.125. The Labute approximate surface area is 79.9 Å². The molecule has 1 aromatic carbocycles. The molecular formula is C11H18O2. The third-order valence-electron chi connectivity index (χ3n) is 1.47. The monoisotopic (exact) mass is 182 g/mol. The summed E-state index contributed by atoms with van der Waals surface area (Å²) in [6, 6.07) is 6.56. The smallest absolute Gasteiger partial charge is 0.0662 e. The van der Waals surface area contributed by atoms with E-state index in [0.717, 1.165) is 0 Å². The first-order valence-corrected chi connectivity index (χ1v) is 4.36. The lowest BCUT2D eigenvalue weighted by Crippen LogP contribution is -1.85. The Kier molecular flexibility index (Phi) is 6.20. The molecule has 0 fully saturated rings. The lowest BCUT2D eigenvalue weighted by atomic mass is 10.1. The van der Waals surface area contributed by atoms with Crippen LogP contribution >= 0.6 is 0 Å². The van der Waals surface area contributed by atoms with Gasteiger partial charge in [-0.2, -0.15) is 0 Å². The summed E-state index contributed by atoms with van der Waals surface area (Å²) < 4.78 is 0. The number of hydrogen-bond donors (Lipinski definition) is 2. The summed E-state index contributed by atoms with van der Waals surface area (Å²) in [7, 11) is 0. The molecule has 0 bridgehead atoms. The van der Waals surface area contributed by atoms with Crippen LogP contribution in [-0.4, -0.2) is 23.4 Å². The number of hydrogen-bond acceptors (Lipinski definition) is 2. The van der Waals surface area contributed by atoms with E-state index in [-0.39, 0.29) is 13.2 Å². The molecule has 0 aromatic heterocycles. The lowest BCUT2D eigenvalue weighted by Gasteiger charge is -1.96. The Morgan fingerprint density at radius 2 is 1.00 bits per heavy atom. The standard InChI is InChI=1S/C9H12.C2H6O2/c1-7-4-8(2)6-9(3)5-7;3-1-2-4/h4-6H,1-3H3;3-4H,1-2H2. The van der Waals surface area contributed by atoms with Crippen LogP contribution in [-0.2, 0) is 0 Å². The van der Waals surface area contributed by atoms with E-state index in [1.165, 1.54) is 16.7 Å². The molecule has 0 aliphatic carbocycles. The number of aliphatic hydroxyl groups is 2. The van der Waals surface area contributed by atoms with Crippen molar-refractivity contribution in [2.24, 2.45) is 0 Å². The molecular weight excluding hydrogens is 164 g/mol. The Balaban J connectivity index is 0.000000310. The zero-order valence-electron chi connectivity index (χ0n) is 8.54. The second-order valence-electron chi connectivity index (χ2n) is 3.11. The second-order valence-corrected chi connectivity index (χ2v) is 3.11. The van der Waals surface area contributed by atoms with Crippen LogP contribution < -0.4 is 0 Å². The SMILES string of the molecule is Cc1cc(C)cc(C)c1.OCCO. The predicted molar refractivity (Wildman–Crippen MR) is 54.8 cm³/mol. The maximum absolute atomic E-state index is 7.62. The second kappa shape index (κ2) is 6.63. The normalized spacial score (nSPS) is 9.00. The highest BCUT2D eigenvalue weighted by atomic mass is 16.3. The maximum atomic E-state index is 7.62. The molecule has 0 spiro atoms. The van der Waals surface area contributed by atoms with Gasteiger partial charge in [-0.3, -0.25) is 0 Å². The van der Waals surface area contributed by atoms with Gasteiger partial charge in [0.05, 0.1) is 13.2 Å². The van der Waals surface area contributed by atoms with Gasteiger partial charge in [-0.25, -0.2) is 0 Å². The summed E-state index contributed by atoms with van der Waals surface area (Å²) in [5.74, 6) is 0. The molecule has 1 aromatic rings. The van der Waals surface area contributed by atoms with Gasteiger partial charge in [0, 0.05) is 0 Å². The van der Waals surface area contributed by atoms with E-state index in [9.17, 15) is 0 Å². The van der Waals surface area contributed by atoms with Crippen LogP contribution in [0.3, 0.4) is 0 Å². The average molecular weight is 182 g/mol. The van der Waals surface area contributed by atoms with Crippen molar-refractivity contribution >= 4 is 0 Å². The molecule has 0 heterocycles. The summed E-state index contributed by atoms with van der Waals surface area (Å²) in [5, 5.41) is 15.2. The van der Waals surface area contributed by atoms with Crippen molar-refractivity contribution in [3.05, 3.63) is 34.9 Å². The van der Waals surface area contributed by atoms with E-state index in [2.05, 4.69) is 39.0 Å². The molecule has 0 saturated carbocycles. The lowest BCUT2D eigenvalue weighted by molar-refractivity contribution is 0.186. The predicted octanol–water partition coefficient (Wildman–Crippen LogP) is 1.58. The van der Waals surface area contributed by atoms with Gasteiger partial charge in [-0.1, -0.05) is 34.9 Å². The van der Waals surface area contributed by atoms with E-state index >= 15 is 0 Å². The fourth-order valence-electron chi connectivity index (χ4n) is 1.20. The highest BCUT2D eigenvalue weighted by Gasteiger charge is 1.87. The quantitative estimate of drug-likeness (QED) is 0.692. The van der Waals surface area contributed by atoms with Gasteiger partial charge in [0.2, 0.25) is 0 Å². The largest absolute Gasteiger partial charge is 0.394 e. The Morgan fingerprint density at radius 1 is 0.769 bits per heavy atom. The van der Waals surface area contributed by atoms with Crippen LogP contribution in [0, 0.1) is 20.8 Å². The molecule has 0 aliphatic rings. The van der Waals surface area contributed by atoms with Crippen LogP contribution in [0.5, 0.6) is 0 Å². The van der Waals surface area contributed by atoms with Crippen LogP contribution in [0.4, 0.5) is 0 Å². The number of rotatable bonds is 1. The summed E-state index contributed by atoms with van der Waals surface area (Å²) in [6.07, 6.45) is 0. The molecule has 1 rings (SSSR count). The highest BCUT2D eigenvalue weighted by Crippen LogP contribution is 2.06. The Hall–Kier alpha value is -0.860. The zero-order chi connectivity index (χ0) is 10.3. The zero-order valence-corrected chi connectivity index (χ0v) is 8.54. The number of benzene rings is 1. The molecule has 74 valence electrons. The molecule has 13 heavy (non-hydrogen) atoms. The molecule has 0 atom stereocenters. The van der Waals surface area contributed by atoms with E-state index in [1.807, 2.05) is 0 Å². The van der Waals surface area contributed by atoms with Gasteiger partial charge < -0.3 is 10.2 Å². The van der Waals surface area contributed by atoms with Crippen LogP contribution in [0.25, 0.3) is 0 Å². The summed E-state index contributed by atoms with van der Waals surface area (Å²) in [5.41, 5.74) is 4.06. The number of aliphatic hydroxyl groups excluding tert-OH is 2. The Morgan fingerprint density at radius 3 is 1.15 bits per heavy atom. The van der Waals surface area contributed by atoms with Crippen molar-refractivity contribution in [3.63, 3.8) is 0 Å². The van der Waals surface area contributed by atoms with E-state index < -0.39 is 0 Å². The summed E-state index contributed by atoms with van der Waals surface area (Å²) in [4.78, 5) is 0. The molecule has 0 unspecified atom stereocenters. The third kappa shape index (κ3) is 6.31. The fourth-order valence-corrected chi connectivity index (χ4v) is 1.20. The first-order valence-electron chi connectivity index (χ1n) is 4.36. The van der Waals surface area contributed by atoms with Crippen molar-refractivity contribution in [1.82, 2.24) is 0 Å². The molecule has 0 aliphatic heterocycles. The first kappa shape index (κ1) is 12.1. The molecule has 0 saturated heterocycles. The van der Waals surface area contributed by atoms with Gasteiger partial charge in [0.25, 0.3) is 0 Å². The van der Waals surface area contributed by atoms with E-state index in [4.69, 9.17) is 10.2 Å². The van der Waals surface area contributed by atoms with Gasteiger partial charge in [-0.15, -0.1) is 0 Å². The van der Waals surface area contributed by atoms with Crippen LogP contribution in [0.2, 0.25) is 0 Å². The van der Waals surface area contributed by atoms with Crippen LogP contribution in [0.15, 0.2) is 18.2 Å². The van der Waals surface area contributed by atoms with Crippen molar-refractivity contribution in [2.45, 2.75) is 20.8 Å². The summed E-state index contributed by atoms with van der Waals surface area (Å²) >= 11 is 0. The molecule has 0 amide bonds. The number of aryl methyl sites for hydroxylation is 3. The van der Waals surface area contributed by atoms with Crippen molar-refractivity contribution < 1.29 is 10.2 Å². The molecule has 0 radical (unpaired) electrons. The van der Waals surface area contributed by atoms with Gasteiger partial charge in [0.15, 0.2) is 0 Å². The molecule has 2 nitrogen and oxygen atoms in total. The topological polar surface area (TPSA) is 40.5 Å². The van der Waals surface area contributed by atoms with Crippen LogP contribution in [0.1, 0.15) is 16.7 Å². The van der Waals surface area contributed by atoms with Gasteiger partial charge >= 0.3 is 0 Å². The summed E-state index contributed by atoms with van der Waals surface area (Å²) in [6.45, 7) is 6.12. The third-order valence-corrected chi connectivity index (χ3v) is 1.47. The van der Waals surface area contributed by atoms with Crippen molar-refractivity contribution in [1.29, 1.82) is 0 Å². The average Bonchev–Trinajstić information content (AvgIpc) is 2.02. The van der Waals surface area contributed by atoms with E-state index in [0.29, 0.717) is 0 Å². The fraction of sp³-hybridized carbons (Fsp3) is 0.455. The highest BCUT2D eigenvalue weighted by molar-refractivity contribution is 5.27. The molecule has 2 heteroatoms. The van der Waals surface area contributed by atoms with Gasteiger partial charge in [-0.05, 0) is 20.8 Å². The Bertz CT molecular complexity index is 191.